The molecule has 0 heterocycles. The van der Waals surface area contributed by atoms with Crippen molar-refractivity contribution in [3.05, 3.63) is 97.2 Å². The zero-order valence-corrected chi connectivity index (χ0v) is 52.1. The summed E-state index contributed by atoms with van der Waals surface area (Å²) in [6.07, 6.45) is 90.0. The van der Waals surface area contributed by atoms with Gasteiger partial charge in [-0.15, -0.1) is 0 Å². The van der Waals surface area contributed by atoms with Crippen molar-refractivity contribution in [2.75, 3.05) is 13.2 Å². The van der Waals surface area contributed by atoms with Gasteiger partial charge in [-0.05, 0) is 96.3 Å². The van der Waals surface area contributed by atoms with Crippen molar-refractivity contribution in [2.24, 2.45) is 0 Å². The van der Waals surface area contributed by atoms with Gasteiger partial charge < -0.3 is 14.2 Å². The van der Waals surface area contributed by atoms with Gasteiger partial charge >= 0.3 is 17.9 Å². The van der Waals surface area contributed by atoms with Crippen LogP contribution in [0.3, 0.4) is 0 Å². The van der Waals surface area contributed by atoms with E-state index < -0.39 is 6.10 Å². The Morgan fingerprint density at radius 3 is 0.823 bits per heavy atom. The van der Waals surface area contributed by atoms with Crippen molar-refractivity contribution < 1.29 is 28.6 Å². The van der Waals surface area contributed by atoms with Crippen molar-refractivity contribution in [3.63, 3.8) is 0 Å². The summed E-state index contributed by atoms with van der Waals surface area (Å²) in [5.41, 5.74) is 0. The lowest BCUT2D eigenvalue weighted by atomic mass is 10.0. The molecule has 1 atom stereocenters. The molecule has 0 rings (SSSR count). The summed E-state index contributed by atoms with van der Waals surface area (Å²) in [6.45, 7) is 6.51. The zero-order chi connectivity index (χ0) is 57.1. The van der Waals surface area contributed by atoms with Gasteiger partial charge in [0, 0.05) is 19.3 Å². The third-order valence-corrected chi connectivity index (χ3v) is 14.6. The van der Waals surface area contributed by atoms with Gasteiger partial charge in [-0.2, -0.15) is 0 Å². The lowest BCUT2D eigenvalue weighted by molar-refractivity contribution is -0.167. The molecular weight excluding hydrogens is 973 g/mol. The topological polar surface area (TPSA) is 78.9 Å². The van der Waals surface area contributed by atoms with Crippen molar-refractivity contribution in [1.29, 1.82) is 0 Å². The van der Waals surface area contributed by atoms with Crippen LogP contribution in [0.4, 0.5) is 0 Å². The fraction of sp³-hybridized carbons (Fsp3) is 0.740. The highest BCUT2D eigenvalue weighted by atomic mass is 16.6. The molecule has 0 saturated heterocycles. The average Bonchev–Trinajstić information content (AvgIpc) is 3.45. The molecule has 0 bridgehead atoms. The molecule has 0 aliphatic carbocycles. The van der Waals surface area contributed by atoms with Crippen molar-refractivity contribution in [3.8, 4) is 0 Å². The van der Waals surface area contributed by atoms with Crippen LogP contribution in [0.5, 0.6) is 0 Å². The summed E-state index contributed by atoms with van der Waals surface area (Å²) in [7, 11) is 0. The lowest BCUT2D eigenvalue weighted by Gasteiger charge is -2.18. The van der Waals surface area contributed by atoms with Gasteiger partial charge in [0.05, 0.1) is 0 Å². The van der Waals surface area contributed by atoms with E-state index in [-0.39, 0.29) is 31.1 Å². The second kappa shape index (κ2) is 66.8. The predicted octanol–water partition coefficient (Wildman–Crippen LogP) is 23.2. The number of hydrogen-bond donors (Lipinski definition) is 0. The Bertz CT molecular complexity index is 1540. The Hall–Kier alpha value is -3.67. The summed E-state index contributed by atoms with van der Waals surface area (Å²) in [6, 6.07) is 0. The number of allylic oxidation sites excluding steroid dienone is 16. The van der Waals surface area contributed by atoms with E-state index in [1.54, 1.807) is 0 Å². The van der Waals surface area contributed by atoms with Crippen molar-refractivity contribution in [1.82, 2.24) is 0 Å². The van der Waals surface area contributed by atoms with E-state index in [2.05, 4.69) is 118 Å². The molecule has 0 spiro atoms. The average molecular weight is 1100 g/mol. The smallest absolute Gasteiger partial charge is 0.306 e. The molecule has 0 aliphatic rings. The van der Waals surface area contributed by atoms with Crippen LogP contribution in [0.15, 0.2) is 97.2 Å². The minimum Gasteiger partial charge on any atom is -0.462 e. The van der Waals surface area contributed by atoms with E-state index in [0.717, 1.165) is 116 Å². The van der Waals surface area contributed by atoms with E-state index in [0.29, 0.717) is 19.3 Å². The highest BCUT2D eigenvalue weighted by molar-refractivity contribution is 5.71. The van der Waals surface area contributed by atoms with Crippen LogP contribution in [0.2, 0.25) is 0 Å². The second-order valence-corrected chi connectivity index (χ2v) is 22.4. The van der Waals surface area contributed by atoms with Gasteiger partial charge in [-0.3, -0.25) is 14.4 Å². The van der Waals surface area contributed by atoms with Gasteiger partial charge in [0.2, 0.25) is 0 Å². The Labute approximate surface area is 489 Å². The van der Waals surface area contributed by atoms with Gasteiger partial charge in [0.25, 0.3) is 0 Å². The summed E-state index contributed by atoms with van der Waals surface area (Å²) < 4.78 is 16.9. The lowest BCUT2D eigenvalue weighted by Crippen LogP contribution is -2.30. The molecule has 0 saturated carbocycles. The number of esters is 3. The van der Waals surface area contributed by atoms with Crippen LogP contribution in [0.25, 0.3) is 0 Å². The number of unbranched alkanes of at least 4 members (excludes halogenated alkanes) is 34. The minimum atomic E-state index is -0.782. The fourth-order valence-electron chi connectivity index (χ4n) is 9.52. The number of carbonyl (C=O) groups excluding carboxylic acids is 3. The summed E-state index contributed by atoms with van der Waals surface area (Å²) in [4.78, 5) is 38.3. The first-order chi connectivity index (χ1) is 39.0. The minimum absolute atomic E-state index is 0.0802. The number of hydrogen-bond acceptors (Lipinski definition) is 6. The maximum atomic E-state index is 12.9. The standard InChI is InChI=1S/C73H126O6/c1-4-7-10-13-16-19-22-24-26-28-30-31-32-33-34-35-36-37-38-39-40-41-43-44-46-48-51-54-57-60-63-66-72(75)78-69-70(68-77-71(74)65-62-59-56-53-50-21-18-15-12-9-6-3)79-73(76)67-64-61-58-55-52-49-47-45-42-29-27-25-23-20-17-14-11-8-5-2/h7,10,15-16,18-19,24,26,30-31,33-34,36-37,39-40,70H,4-6,8-9,11-14,17,20-23,25,27-29,32,35,38,41-69H2,1-3H3/b10-7-,18-15-,19-16-,26-24-,31-30-,34-33-,37-36-,40-39-. The molecule has 6 heteroatoms. The normalized spacial score (nSPS) is 12.7. The molecule has 0 fully saturated rings. The molecule has 79 heavy (non-hydrogen) atoms. The molecule has 0 amide bonds. The first kappa shape index (κ1) is 75.3. The third-order valence-electron chi connectivity index (χ3n) is 14.6. The molecule has 0 N–H and O–H groups in total. The molecular formula is C73H126O6. The zero-order valence-electron chi connectivity index (χ0n) is 52.1. The first-order valence-corrected chi connectivity index (χ1v) is 33.7. The van der Waals surface area contributed by atoms with E-state index >= 15 is 0 Å². The molecule has 6 nitrogen and oxygen atoms in total. The first-order valence-electron chi connectivity index (χ1n) is 33.7. The monoisotopic (exact) mass is 1100 g/mol. The second-order valence-electron chi connectivity index (χ2n) is 22.4. The molecule has 0 aromatic carbocycles. The molecule has 0 aromatic heterocycles. The number of rotatable bonds is 61. The maximum absolute atomic E-state index is 12.9. The Balaban J connectivity index is 4.23. The van der Waals surface area contributed by atoms with Gasteiger partial charge in [-0.25, -0.2) is 0 Å². The Morgan fingerprint density at radius 1 is 0.266 bits per heavy atom. The fourth-order valence-corrected chi connectivity index (χ4v) is 9.52. The SMILES string of the molecule is CC/C=C\C/C=C\C/C=C\C/C=C\C/C=C\C/C=C\C/C=C\CCCCCCCCCCCC(=O)OCC(COC(=O)CCCCCCC/C=C\CCCC)OC(=O)CCCCCCCCCCCCCCCCCCCCC. The quantitative estimate of drug-likeness (QED) is 0.0261. The van der Waals surface area contributed by atoms with E-state index in [1.165, 1.54) is 173 Å². The Morgan fingerprint density at radius 2 is 0.506 bits per heavy atom. The molecule has 0 aliphatic heterocycles. The third kappa shape index (κ3) is 65.0. The van der Waals surface area contributed by atoms with Crippen molar-refractivity contribution in [2.45, 2.75) is 335 Å². The van der Waals surface area contributed by atoms with Crippen LogP contribution in [-0.4, -0.2) is 37.2 Å². The molecule has 0 radical (unpaired) electrons. The van der Waals surface area contributed by atoms with Crippen LogP contribution < -0.4 is 0 Å². The van der Waals surface area contributed by atoms with E-state index in [4.69, 9.17) is 14.2 Å². The molecule has 1 unspecified atom stereocenters. The largest absolute Gasteiger partial charge is 0.462 e. The van der Waals surface area contributed by atoms with Crippen LogP contribution in [0, 0.1) is 0 Å². The van der Waals surface area contributed by atoms with Crippen LogP contribution in [-0.2, 0) is 28.6 Å². The number of ether oxygens (including phenoxy) is 3. The Kier molecular flexibility index (Phi) is 63.7. The maximum Gasteiger partial charge on any atom is 0.306 e. The summed E-state index contributed by atoms with van der Waals surface area (Å²) >= 11 is 0. The molecule has 0 aromatic rings. The van der Waals surface area contributed by atoms with Crippen LogP contribution in [0.1, 0.15) is 329 Å². The molecule has 454 valence electrons. The van der Waals surface area contributed by atoms with Gasteiger partial charge in [-0.1, -0.05) is 311 Å². The highest BCUT2D eigenvalue weighted by Crippen LogP contribution is 2.17. The summed E-state index contributed by atoms with van der Waals surface area (Å²) in [5.74, 6) is -0.881. The van der Waals surface area contributed by atoms with E-state index in [9.17, 15) is 14.4 Å². The predicted molar refractivity (Wildman–Crippen MR) is 344 cm³/mol. The summed E-state index contributed by atoms with van der Waals surface area (Å²) in [5, 5.41) is 0. The van der Waals surface area contributed by atoms with E-state index in [1.807, 2.05) is 0 Å². The van der Waals surface area contributed by atoms with Crippen molar-refractivity contribution >= 4 is 17.9 Å². The van der Waals surface area contributed by atoms with Crippen LogP contribution >= 0.6 is 0 Å². The van der Waals surface area contributed by atoms with Gasteiger partial charge in [0.1, 0.15) is 13.2 Å². The van der Waals surface area contributed by atoms with Gasteiger partial charge in [0.15, 0.2) is 6.10 Å². The number of carbonyl (C=O) groups is 3. The highest BCUT2D eigenvalue weighted by Gasteiger charge is 2.19.